The molecule has 7 heteroatoms. The van der Waals surface area contributed by atoms with Crippen molar-refractivity contribution in [2.45, 2.75) is 11.5 Å². The molecule has 1 N–H and O–H groups in total. The second-order valence-electron chi connectivity index (χ2n) is 6.16. The number of carbonyl (C=O) groups is 1. The Balaban J connectivity index is 1.72. The Kier molecular flexibility index (Phi) is 5.75. The van der Waals surface area contributed by atoms with E-state index in [4.69, 9.17) is 4.74 Å². The third kappa shape index (κ3) is 4.95. The third-order valence-electron chi connectivity index (χ3n) is 3.98. The summed E-state index contributed by atoms with van der Waals surface area (Å²) in [6.07, 6.45) is 1.12. The molecule has 28 heavy (non-hydrogen) atoms. The molecule has 0 radical (unpaired) electrons. The lowest BCUT2D eigenvalue weighted by Gasteiger charge is -2.12. The first kappa shape index (κ1) is 19.6. The van der Waals surface area contributed by atoms with Crippen LogP contribution < -0.4 is 10.1 Å². The van der Waals surface area contributed by atoms with Gasteiger partial charge >= 0.3 is 0 Å². The summed E-state index contributed by atoms with van der Waals surface area (Å²) in [5.41, 5.74) is 1.57. The van der Waals surface area contributed by atoms with Crippen LogP contribution in [0.5, 0.6) is 5.75 Å². The van der Waals surface area contributed by atoms with E-state index in [1.807, 2.05) is 0 Å². The molecule has 0 bridgehead atoms. The molecule has 0 aromatic heterocycles. The van der Waals surface area contributed by atoms with Gasteiger partial charge in [-0.15, -0.1) is 0 Å². The molecule has 0 saturated heterocycles. The second kappa shape index (κ2) is 8.22. The zero-order valence-electron chi connectivity index (χ0n) is 15.1. The van der Waals surface area contributed by atoms with Gasteiger partial charge in [-0.05, 0) is 54.1 Å². The smallest absolute Gasteiger partial charge is 0.259 e. The number of sulfone groups is 1. The van der Waals surface area contributed by atoms with Gasteiger partial charge in [0.2, 0.25) is 0 Å². The number of para-hydroxylation sites is 1. The summed E-state index contributed by atoms with van der Waals surface area (Å²) in [4.78, 5) is 12.8. The zero-order valence-corrected chi connectivity index (χ0v) is 15.9. The van der Waals surface area contributed by atoms with Gasteiger partial charge < -0.3 is 10.1 Å². The maximum absolute atomic E-state index is 13.0. The molecule has 3 aromatic carbocycles. The van der Waals surface area contributed by atoms with Gasteiger partial charge in [0.1, 0.15) is 18.2 Å². The van der Waals surface area contributed by atoms with Crippen molar-refractivity contribution >= 4 is 21.4 Å². The maximum Gasteiger partial charge on any atom is 0.259 e. The van der Waals surface area contributed by atoms with Gasteiger partial charge in [-0.25, -0.2) is 12.8 Å². The summed E-state index contributed by atoms with van der Waals surface area (Å²) in [6, 6.07) is 18.6. The molecule has 0 saturated carbocycles. The highest BCUT2D eigenvalue weighted by Gasteiger charge is 2.13. The number of ether oxygens (including phenoxy) is 1. The highest BCUT2D eigenvalue weighted by molar-refractivity contribution is 7.90. The zero-order chi connectivity index (χ0) is 20.1. The van der Waals surface area contributed by atoms with Gasteiger partial charge in [-0.1, -0.05) is 24.3 Å². The quantitative estimate of drug-likeness (QED) is 0.678. The van der Waals surface area contributed by atoms with Gasteiger partial charge in [-0.2, -0.15) is 0 Å². The molecule has 0 unspecified atom stereocenters. The van der Waals surface area contributed by atoms with Crippen LogP contribution in [0.2, 0.25) is 0 Å². The van der Waals surface area contributed by atoms with E-state index in [1.165, 1.54) is 36.4 Å². The summed E-state index contributed by atoms with van der Waals surface area (Å²) in [7, 11) is -3.30. The van der Waals surface area contributed by atoms with Gasteiger partial charge in [0.15, 0.2) is 9.84 Å². The van der Waals surface area contributed by atoms with E-state index in [0.29, 0.717) is 17.0 Å². The fourth-order valence-electron chi connectivity index (χ4n) is 2.51. The van der Waals surface area contributed by atoms with E-state index < -0.39 is 9.84 Å². The summed E-state index contributed by atoms with van der Waals surface area (Å²) in [5, 5.41) is 2.72. The number of carbonyl (C=O) groups excluding carboxylic acids is 1. The van der Waals surface area contributed by atoms with Crippen LogP contribution in [0.1, 0.15) is 15.9 Å². The minimum Gasteiger partial charge on any atom is -0.488 e. The van der Waals surface area contributed by atoms with Crippen LogP contribution in [-0.4, -0.2) is 20.6 Å². The van der Waals surface area contributed by atoms with E-state index in [-0.39, 0.29) is 23.2 Å². The number of benzene rings is 3. The maximum atomic E-state index is 13.0. The van der Waals surface area contributed by atoms with Gasteiger partial charge in [0, 0.05) is 11.9 Å². The molecule has 0 aliphatic heterocycles. The molecule has 0 spiro atoms. The highest BCUT2D eigenvalue weighted by atomic mass is 32.2. The van der Waals surface area contributed by atoms with Crippen LogP contribution in [0.4, 0.5) is 10.1 Å². The molecule has 5 nitrogen and oxygen atoms in total. The first-order valence-electron chi connectivity index (χ1n) is 8.41. The molecule has 0 atom stereocenters. The average molecular weight is 399 g/mol. The van der Waals surface area contributed by atoms with Crippen molar-refractivity contribution in [3.05, 3.63) is 89.7 Å². The first-order valence-corrected chi connectivity index (χ1v) is 10.3. The summed E-state index contributed by atoms with van der Waals surface area (Å²) in [5.74, 6) is -0.329. The molecular weight excluding hydrogens is 381 g/mol. The number of hydrogen-bond donors (Lipinski definition) is 1. The lowest BCUT2D eigenvalue weighted by atomic mass is 10.1. The average Bonchev–Trinajstić information content (AvgIpc) is 2.67. The van der Waals surface area contributed by atoms with E-state index in [9.17, 15) is 17.6 Å². The van der Waals surface area contributed by atoms with Gasteiger partial charge in [0.25, 0.3) is 5.91 Å². The number of nitrogens with one attached hydrogen (secondary N) is 1. The van der Waals surface area contributed by atoms with Crippen LogP contribution in [0.3, 0.4) is 0 Å². The van der Waals surface area contributed by atoms with Crippen LogP contribution in [0.15, 0.2) is 77.7 Å². The van der Waals surface area contributed by atoms with Crippen LogP contribution in [-0.2, 0) is 16.4 Å². The Bertz CT molecular complexity index is 1080. The Labute approximate surface area is 162 Å². The molecule has 1 amide bonds. The largest absolute Gasteiger partial charge is 0.488 e. The van der Waals surface area contributed by atoms with Crippen LogP contribution >= 0.6 is 0 Å². The predicted octanol–water partition coefficient (Wildman–Crippen LogP) is 4.06. The van der Waals surface area contributed by atoms with Crippen molar-refractivity contribution in [3.63, 3.8) is 0 Å². The fraction of sp³-hybridized carbons (Fsp3) is 0.0952. The van der Waals surface area contributed by atoms with Crippen LogP contribution in [0.25, 0.3) is 0 Å². The standard InChI is InChI=1S/C21H18FNO4S/c1-28(25,26)18-12-10-17(11-13-18)23-21(24)19-4-2-3-5-20(19)27-14-15-6-8-16(22)9-7-15/h2-13H,14H2,1H3,(H,23,24). The summed E-state index contributed by atoms with van der Waals surface area (Å²) in [6.45, 7) is 0.188. The number of halogens is 1. The third-order valence-corrected chi connectivity index (χ3v) is 5.11. The molecule has 0 aliphatic carbocycles. The molecular formula is C21H18FNO4S. The molecule has 0 fully saturated rings. The molecule has 144 valence electrons. The van der Waals surface area contributed by atoms with E-state index in [2.05, 4.69) is 5.32 Å². The topological polar surface area (TPSA) is 72.5 Å². The summed E-state index contributed by atoms with van der Waals surface area (Å²) < 4.78 is 41.7. The fourth-order valence-corrected chi connectivity index (χ4v) is 3.14. The first-order chi connectivity index (χ1) is 13.3. The van der Waals surface area contributed by atoms with Crippen molar-refractivity contribution in [3.8, 4) is 5.75 Å². The number of rotatable bonds is 6. The van der Waals surface area contributed by atoms with Crippen molar-refractivity contribution < 1.29 is 22.3 Å². The van der Waals surface area contributed by atoms with Gasteiger partial charge in [0.05, 0.1) is 10.5 Å². The molecule has 3 aromatic rings. The Morgan fingerprint density at radius 2 is 1.61 bits per heavy atom. The Morgan fingerprint density at radius 1 is 0.964 bits per heavy atom. The normalized spacial score (nSPS) is 11.1. The molecule has 3 rings (SSSR count). The Morgan fingerprint density at radius 3 is 2.25 bits per heavy atom. The van der Waals surface area contributed by atoms with E-state index >= 15 is 0 Å². The molecule has 0 heterocycles. The van der Waals surface area contributed by atoms with Crippen molar-refractivity contribution in [2.24, 2.45) is 0 Å². The van der Waals surface area contributed by atoms with E-state index in [0.717, 1.165) is 11.8 Å². The van der Waals surface area contributed by atoms with Crippen molar-refractivity contribution in [1.29, 1.82) is 0 Å². The Hall–Kier alpha value is -3.19. The minimum absolute atomic E-state index is 0.175. The predicted molar refractivity (Wildman–Crippen MR) is 105 cm³/mol. The van der Waals surface area contributed by atoms with E-state index in [1.54, 1.807) is 36.4 Å². The second-order valence-corrected chi connectivity index (χ2v) is 8.18. The van der Waals surface area contributed by atoms with Crippen LogP contribution in [0, 0.1) is 5.82 Å². The number of anilines is 1. The number of hydrogen-bond acceptors (Lipinski definition) is 4. The minimum atomic E-state index is -3.30. The van der Waals surface area contributed by atoms with Gasteiger partial charge in [-0.3, -0.25) is 4.79 Å². The lowest BCUT2D eigenvalue weighted by molar-refractivity contribution is 0.102. The SMILES string of the molecule is CS(=O)(=O)c1ccc(NC(=O)c2ccccc2OCc2ccc(F)cc2)cc1. The monoisotopic (exact) mass is 399 g/mol. The highest BCUT2D eigenvalue weighted by Crippen LogP contribution is 2.22. The lowest BCUT2D eigenvalue weighted by Crippen LogP contribution is -2.13. The number of amides is 1. The summed E-state index contributed by atoms with van der Waals surface area (Å²) >= 11 is 0. The van der Waals surface area contributed by atoms with Crippen molar-refractivity contribution in [1.82, 2.24) is 0 Å². The van der Waals surface area contributed by atoms with Crippen molar-refractivity contribution in [2.75, 3.05) is 11.6 Å². The molecule has 0 aliphatic rings.